The van der Waals surface area contributed by atoms with Crippen molar-refractivity contribution in [2.45, 2.75) is 31.9 Å². The minimum absolute atomic E-state index is 0.118. The number of benzene rings is 2. The summed E-state index contributed by atoms with van der Waals surface area (Å²) in [6, 6.07) is 11.4. The number of hydrogen-bond donors (Lipinski definition) is 3. The van der Waals surface area contributed by atoms with E-state index >= 15 is 0 Å². The second-order valence-corrected chi connectivity index (χ2v) is 10.3. The van der Waals surface area contributed by atoms with Crippen LogP contribution < -0.4 is 10.6 Å². The molecule has 0 saturated carbocycles. The number of hydrogen-bond acceptors (Lipinski definition) is 9. The Morgan fingerprint density at radius 3 is 2.54 bits per heavy atom. The molecule has 1 atom stereocenters. The lowest BCUT2D eigenvalue weighted by atomic mass is 9.99. The molecular weight excluding hydrogens is 533 g/mol. The Morgan fingerprint density at radius 2 is 1.83 bits per heavy atom. The minimum Gasteiger partial charge on any atom is -0.369 e. The normalized spacial score (nSPS) is 15.0. The number of nitrogens with one attached hydrogen (secondary N) is 2. The summed E-state index contributed by atoms with van der Waals surface area (Å²) in [5, 5.41) is 16.9. The number of nitrogens with zero attached hydrogens (tertiary/aromatic N) is 6. The monoisotopic (exact) mass is 564 g/mol. The van der Waals surface area contributed by atoms with E-state index in [1.54, 1.807) is 36.8 Å². The SMILES string of the molecule is Cc1ccc(NC(O)c2ccc(CN3CC(N(C)C)C3)c(C(F)(F)F)c2)cc1Nc1nccc(-c2cncnc2)n1. The first-order chi connectivity index (χ1) is 19.6. The molecule has 1 unspecified atom stereocenters. The van der Waals surface area contributed by atoms with Gasteiger partial charge in [0.2, 0.25) is 5.95 Å². The molecule has 3 N–H and O–H groups in total. The summed E-state index contributed by atoms with van der Waals surface area (Å²) < 4.78 is 41.9. The molecule has 9 nitrogen and oxygen atoms in total. The average Bonchev–Trinajstić information content (AvgIpc) is 2.92. The molecule has 0 aliphatic carbocycles. The van der Waals surface area contributed by atoms with E-state index in [9.17, 15) is 18.3 Å². The second kappa shape index (κ2) is 11.8. The molecule has 4 aromatic rings. The van der Waals surface area contributed by atoms with Crippen LogP contribution in [0.2, 0.25) is 0 Å². The lowest BCUT2D eigenvalue weighted by Crippen LogP contribution is -2.56. The Morgan fingerprint density at radius 1 is 1.07 bits per heavy atom. The van der Waals surface area contributed by atoms with Gasteiger partial charge in [0.25, 0.3) is 0 Å². The molecule has 2 aromatic heterocycles. The highest BCUT2D eigenvalue weighted by Gasteiger charge is 2.36. The molecule has 0 bridgehead atoms. The first-order valence-electron chi connectivity index (χ1n) is 13.1. The van der Waals surface area contributed by atoms with Crippen molar-refractivity contribution in [1.29, 1.82) is 0 Å². The number of aryl methyl sites for hydroxylation is 1. The van der Waals surface area contributed by atoms with Crippen molar-refractivity contribution in [2.24, 2.45) is 0 Å². The third-order valence-corrected chi connectivity index (χ3v) is 7.12. The molecule has 12 heteroatoms. The highest BCUT2D eigenvalue weighted by atomic mass is 19.4. The zero-order valence-electron chi connectivity index (χ0n) is 22.9. The number of likely N-dealkylation sites (tertiary alicyclic amines) is 1. The van der Waals surface area contributed by atoms with Crippen molar-refractivity contribution in [1.82, 2.24) is 29.7 Å². The fraction of sp³-hybridized carbons (Fsp3) is 0.310. The Balaban J connectivity index is 1.31. The van der Waals surface area contributed by atoms with E-state index in [4.69, 9.17) is 0 Å². The average molecular weight is 565 g/mol. The van der Waals surface area contributed by atoms with Crippen molar-refractivity contribution in [3.05, 3.63) is 89.6 Å². The van der Waals surface area contributed by atoms with E-state index in [0.717, 1.165) is 30.3 Å². The standard InChI is InChI=1S/C29H31F3N8O/c1-18-4-7-22(11-26(18)38-28-35-9-8-25(37-28)21-12-33-17-34-13-21)36-27(41)19-5-6-20(24(10-19)29(30,31)32)14-40-15-23(16-40)39(2)3/h4-13,17,23,27,36,41H,14-16H2,1-3H3,(H,35,37,38). The third kappa shape index (κ3) is 6.79. The highest BCUT2D eigenvalue weighted by molar-refractivity contribution is 5.67. The van der Waals surface area contributed by atoms with Gasteiger partial charge in [-0.15, -0.1) is 0 Å². The number of alkyl halides is 3. The van der Waals surface area contributed by atoms with Crippen LogP contribution in [0.15, 0.2) is 67.4 Å². The van der Waals surface area contributed by atoms with E-state index in [-0.39, 0.29) is 17.7 Å². The lowest BCUT2D eigenvalue weighted by molar-refractivity contribution is -0.138. The number of aliphatic hydroxyl groups excluding tert-OH is 1. The van der Waals surface area contributed by atoms with Gasteiger partial charge >= 0.3 is 6.18 Å². The maximum Gasteiger partial charge on any atom is 0.416 e. The number of aliphatic hydroxyl groups is 1. The quantitative estimate of drug-likeness (QED) is 0.246. The molecule has 41 heavy (non-hydrogen) atoms. The Labute approximate surface area is 236 Å². The molecule has 2 aromatic carbocycles. The van der Waals surface area contributed by atoms with Gasteiger partial charge in [0.05, 0.1) is 11.3 Å². The summed E-state index contributed by atoms with van der Waals surface area (Å²) in [5.41, 5.74) is 3.00. The highest BCUT2D eigenvalue weighted by Crippen LogP contribution is 2.35. The van der Waals surface area contributed by atoms with Gasteiger partial charge in [0.15, 0.2) is 6.23 Å². The van der Waals surface area contributed by atoms with Crippen molar-refractivity contribution < 1.29 is 18.3 Å². The predicted octanol–water partition coefficient (Wildman–Crippen LogP) is 4.85. The van der Waals surface area contributed by atoms with Gasteiger partial charge in [-0.05, 0) is 56.4 Å². The first-order valence-corrected chi connectivity index (χ1v) is 13.1. The largest absolute Gasteiger partial charge is 0.416 e. The van der Waals surface area contributed by atoms with Crippen LogP contribution in [-0.4, -0.2) is 68.1 Å². The topological polar surface area (TPSA) is 102 Å². The molecule has 214 valence electrons. The summed E-state index contributed by atoms with van der Waals surface area (Å²) in [7, 11) is 3.93. The van der Waals surface area contributed by atoms with Crippen LogP contribution in [0, 0.1) is 6.92 Å². The van der Waals surface area contributed by atoms with Crippen LogP contribution in [-0.2, 0) is 12.7 Å². The van der Waals surface area contributed by atoms with Crippen LogP contribution in [0.25, 0.3) is 11.3 Å². The van der Waals surface area contributed by atoms with Gasteiger partial charge in [0, 0.05) is 66.8 Å². The number of rotatable bonds is 9. The lowest BCUT2D eigenvalue weighted by Gasteiger charge is -2.43. The van der Waals surface area contributed by atoms with Gasteiger partial charge in [-0.25, -0.2) is 19.9 Å². The van der Waals surface area contributed by atoms with Crippen molar-refractivity contribution in [2.75, 3.05) is 37.8 Å². The van der Waals surface area contributed by atoms with Gasteiger partial charge in [0.1, 0.15) is 6.33 Å². The third-order valence-electron chi connectivity index (χ3n) is 7.12. The van der Waals surface area contributed by atoms with E-state index in [2.05, 4.69) is 35.5 Å². The first kappa shape index (κ1) is 28.4. The molecule has 5 rings (SSSR count). The van der Waals surface area contributed by atoms with Crippen LogP contribution in [0.5, 0.6) is 0 Å². The number of aromatic nitrogens is 4. The Hall–Kier alpha value is -4.13. The fourth-order valence-electron chi connectivity index (χ4n) is 4.62. The van der Waals surface area contributed by atoms with Gasteiger partial charge in [-0.2, -0.15) is 13.2 Å². The molecule has 1 fully saturated rings. The molecule has 0 amide bonds. The fourth-order valence-corrected chi connectivity index (χ4v) is 4.62. The van der Waals surface area contributed by atoms with Crippen molar-refractivity contribution >= 4 is 17.3 Å². The molecule has 3 heterocycles. The maximum atomic E-state index is 14.0. The zero-order valence-corrected chi connectivity index (χ0v) is 22.9. The molecule has 1 aliphatic rings. The summed E-state index contributed by atoms with van der Waals surface area (Å²) in [4.78, 5) is 20.9. The maximum absolute atomic E-state index is 14.0. The van der Waals surface area contributed by atoms with Crippen molar-refractivity contribution in [3.63, 3.8) is 0 Å². The molecule has 0 spiro atoms. The predicted molar refractivity (Wildman–Crippen MR) is 150 cm³/mol. The van der Waals surface area contributed by atoms with Crippen LogP contribution in [0.1, 0.15) is 28.5 Å². The van der Waals surface area contributed by atoms with Crippen LogP contribution >= 0.6 is 0 Å². The van der Waals surface area contributed by atoms with Gasteiger partial charge in [-0.1, -0.05) is 18.2 Å². The van der Waals surface area contributed by atoms with E-state index < -0.39 is 18.0 Å². The van der Waals surface area contributed by atoms with Crippen LogP contribution in [0.4, 0.5) is 30.5 Å². The number of anilines is 3. The van der Waals surface area contributed by atoms with E-state index in [1.807, 2.05) is 32.0 Å². The zero-order chi connectivity index (χ0) is 29.1. The molecular formula is C29H31F3N8O. The summed E-state index contributed by atoms with van der Waals surface area (Å²) in [6.45, 7) is 3.53. The minimum atomic E-state index is -4.54. The van der Waals surface area contributed by atoms with E-state index in [1.165, 1.54) is 18.5 Å². The molecule has 1 aliphatic heterocycles. The number of halogens is 3. The van der Waals surface area contributed by atoms with Crippen molar-refractivity contribution in [3.8, 4) is 11.3 Å². The number of likely N-dealkylation sites (N-methyl/N-ethyl adjacent to an activating group) is 1. The van der Waals surface area contributed by atoms with E-state index in [0.29, 0.717) is 29.1 Å². The van der Waals surface area contributed by atoms with Crippen LogP contribution in [0.3, 0.4) is 0 Å². The molecule has 1 saturated heterocycles. The summed E-state index contributed by atoms with van der Waals surface area (Å²) in [5.74, 6) is 0.344. The summed E-state index contributed by atoms with van der Waals surface area (Å²) >= 11 is 0. The van der Waals surface area contributed by atoms with Gasteiger partial charge in [-0.3, -0.25) is 4.90 Å². The smallest absolute Gasteiger partial charge is 0.369 e. The summed E-state index contributed by atoms with van der Waals surface area (Å²) in [6.07, 6.45) is 0.450. The molecule has 0 radical (unpaired) electrons. The second-order valence-electron chi connectivity index (χ2n) is 10.3. The van der Waals surface area contributed by atoms with Gasteiger partial charge < -0.3 is 20.6 Å². The Kier molecular flexibility index (Phi) is 8.15. The Bertz CT molecular complexity index is 1490.